The Kier molecular flexibility index (Phi) is 1.12. The van der Waals surface area contributed by atoms with Crippen LogP contribution in [0, 0.1) is 22.2 Å². The quantitative estimate of drug-likeness (QED) is 0.600. The number of hydrogen-bond acceptors (Lipinski definition) is 0. The fraction of sp³-hybridized carbons (Fsp3) is 0.467. The van der Waals surface area contributed by atoms with E-state index in [-0.39, 0.29) is 0 Å². The first kappa shape index (κ1) is 8.15. The summed E-state index contributed by atoms with van der Waals surface area (Å²) in [7, 11) is 0. The largest absolute Gasteiger partial charge is 0.0728 e. The Labute approximate surface area is 91.1 Å². The van der Waals surface area contributed by atoms with Crippen molar-refractivity contribution in [3.05, 3.63) is 48.6 Å². The highest BCUT2D eigenvalue weighted by Crippen LogP contribution is 2.88. The van der Waals surface area contributed by atoms with Crippen molar-refractivity contribution in [3.63, 3.8) is 0 Å². The summed E-state index contributed by atoms with van der Waals surface area (Å²) in [5, 5.41) is 0. The van der Waals surface area contributed by atoms with E-state index in [1.54, 1.807) is 0 Å². The second-order valence-corrected chi connectivity index (χ2v) is 5.65. The van der Waals surface area contributed by atoms with Gasteiger partial charge < -0.3 is 0 Å². The Bertz CT molecular complexity index is 383. The lowest BCUT2D eigenvalue weighted by Gasteiger charge is -2.18. The van der Waals surface area contributed by atoms with Gasteiger partial charge in [-0.1, -0.05) is 55.5 Å². The van der Waals surface area contributed by atoms with Gasteiger partial charge in [0, 0.05) is 10.8 Å². The molecule has 0 nitrogen and oxygen atoms in total. The van der Waals surface area contributed by atoms with Gasteiger partial charge in [0.15, 0.2) is 0 Å². The van der Waals surface area contributed by atoms with Crippen molar-refractivity contribution in [2.75, 3.05) is 0 Å². The molecule has 0 aromatic carbocycles. The topological polar surface area (TPSA) is 0 Å². The maximum atomic E-state index is 2.49. The van der Waals surface area contributed by atoms with Gasteiger partial charge >= 0.3 is 0 Å². The molecular formula is C15H16. The van der Waals surface area contributed by atoms with Crippen molar-refractivity contribution in [2.45, 2.75) is 19.8 Å². The van der Waals surface area contributed by atoms with Crippen LogP contribution in [0.3, 0.4) is 0 Å². The lowest BCUT2D eigenvalue weighted by Crippen LogP contribution is -2.09. The van der Waals surface area contributed by atoms with Crippen LogP contribution >= 0.6 is 0 Å². The van der Waals surface area contributed by atoms with E-state index in [9.17, 15) is 0 Å². The van der Waals surface area contributed by atoms with Gasteiger partial charge in [-0.2, -0.15) is 0 Å². The molecule has 0 amide bonds. The van der Waals surface area contributed by atoms with Gasteiger partial charge in [0.1, 0.15) is 0 Å². The standard InChI is InChI=1S/C15H16/c1-13(12-6-7-12)14-8-2-3-9-15(13,14)11-5-4-10-14/h2-5,8-12H,6-7H2,1H3. The first-order chi connectivity index (χ1) is 7.27. The third kappa shape index (κ3) is 0.599. The Morgan fingerprint density at radius 1 is 0.800 bits per heavy atom. The van der Waals surface area contributed by atoms with Crippen LogP contribution in [0.25, 0.3) is 0 Å². The first-order valence-electron chi connectivity index (χ1n) is 6.01. The van der Waals surface area contributed by atoms with Crippen molar-refractivity contribution in [2.24, 2.45) is 22.2 Å². The summed E-state index contributed by atoms with van der Waals surface area (Å²) in [6, 6.07) is 0. The number of hydrogen-bond donors (Lipinski definition) is 0. The molecule has 0 aliphatic heterocycles. The Morgan fingerprint density at radius 2 is 1.20 bits per heavy atom. The van der Waals surface area contributed by atoms with Gasteiger partial charge in [0.25, 0.3) is 0 Å². The van der Waals surface area contributed by atoms with E-state index in [0.29, 0.717) is 16.2 Å². The zero-order chi connectivity index (χ0) is 10.1. The van der Waals surface area contributed by atoms with E-state index in [1.165, 1.54) is 12.8 Å². The summed E-state index contributed by atoms with van der Waals surface area (Å²) in [6.07, 6.45) is 21.5. The molecule has 0 radical (unpaired) electrons. The van der Waals surface area contributed by atoms with Gasteiger partial charge in [0.05, 0.1) is 0 Å². The Balaban J connectivity index is 1.97. The lowest BCUT2D eigenvalue weighted by atomic mass is 9.85. The predicted molar refractivity (Wildman–Crippen MR) is 62.3 cm³/mol. The smallest absolute Gasteiger partial charge is 0.0267 e. The average Bonchev–Trinajstić information content (AvgIpc) is 3.15. The highest BCUT2D eigenvalue weighted by Gasteiger charge is 2.83. The third-order valence-electron chi connectivity index (χ3n) is 5.39. The fourth-order valence-electron chi connectivity index (χ4n) is 4.39. The molecule has 2 saturated carbocycles. The molecule has 0 unspecified atom stereocenters. The van der Waals surface area contributed by atoms with Crippen LogP contribution in [0.2, 0.25) is 0 Å². The molecule has 0 saturated heterocycles. The molecule has 0 spiro atoms. The van der Waals surface area contributed by atoms with E-state index in [1.807, 2.05) is 0 Å². The van der Waals surface area contributed by atoms with Crippen LogP contribution in [0.1, 0.15) is 19.8 Å². The molecule has 0 N–H and O–H groups in total. The van der Waals surface area contributed by atoms with Gasteiger partial charge in [-0.25, -0.2) is 0 Å². The minimum absolute atomic E-state index is 0.324. The SMILES string of the molecule is CC1(C2CC2)C23C=CC=CC21C=CC=C3. The van der Waals surface area contributed by atoms with Gasteiger partial charge in [0.2, 0.25) is 0 Å². The second-order valence-electron chi connectivity index (χ2n) is 5.65. The van der Waals surface area contributed by atoms with Crippen LogP contribution in [0.15, 0.2) is 48.6 Å². The molecule has 15 heavy (non-hydrogen) atoms. The number of rotatable bonds is 1. The van der Waals surface area contributed by atoms with Crippen LogP contribution in [0.4, 0.5) is 0 Å². The number of allylic oxidation sites excluding steroid dienone is 8. The minimum Gasteiger partial charge on any atom is -0.0728 e. The maximum Gasteiger partial charge on any atom is 0.0267 e. The lowest BCUT2D eigenvalue weighted by molar-refractivity contribution is 0.397. The predicted octanol–water partition coefficient (Wildman–Crippen LogP) is 3.64. The molecule has 2 fully saturated rings. The molecule has 4 aliphatic rings. The molecule has 0 bridgehead atoms. The first-order valence-corrected chi connectivity index (χ1v) is 6.01. The van der Waals surface area contributed by atoms with E-state index in [2.05, 4.69) is 55.5 Å². The van der Waals surface area contributed by atoms with E-state index >= 15 is 0 Å². The van der Waals surface area contributed by atoms with E-state index < -0.39 is 0 Å². The molecule has 76 valence electrons. The summed E-state index contributed by atoms with van der Waals surface area (Å²) >= 11 is 0. The fourth-order valence-corrected chi connectivity index (χ4v) is 4.39. The normalized spacial score (nSPS) is 53.9. The van der Waals surface area contributed by atoms with Crippen molar-refractivity contribution in [1.29, 1.82) is 0 Å². The van der Waals surface area contributed by atoms with Crippen LogP contribution < -0.4 is 0 Å². The molecule has 0 heterocycles. The highest BCUT2D eigenvalue weighted by atomic mass is 14.8. The third-order valence-corrected chi connectivity index (χ3v) is 5.39. The van der Waals surface area contributed by atoms with Crippen molar-refractivity contribution >= 4 is 0 Å². The molecule has 4 rings (SSSR count). The van der Waals surface area contributed by atoms with Crippen LogP contribution in [-0.4, -0.2) is 0 Å². The average molecular weight is 196 g/mol. The Hall–Kier alpha value is -1.04. The highest BCUT2D eigenvalue weighted by molar-refractivity contribution is 5.57. The summed E-state index contributed by atoms with van der Waals surface area (Å²) < 4.78 is 0. The summed E-state index contributed by atoms with van der Waals surface area (Å²) in [5.41, 5.74) is 1.11. The minimum atomic E-state index is 0.324. The Morgan fingerprint density at radius 3 is 1.53 bits per heavy atom. The zero-order valence-electron chi connectivity index (χ0n) is 9.11. The monoisotopic (exact) mass is 196 g/mol. The van der Waals surface area contributed by atoms with Crippen LogP contribution in [0.5, 0.6) is 0 Å². The summed E-state index contributed by atoms with van der Waals surface area (Å²) in [5.74, 6) is 0.942. The second kappa shape index (κ2) is 2.07. The van der Waals surface area contributed by atoms with Crippen LogP contribution in [-0.2, 0) is 0 Å². The summed E-state index contributed by atoms with van der Waals surface area (Å²) in [4.78, 5) is 0. The van der Waals surface area contributed by atoms with Crippen molar-refractivity contribution in [3.8, 4) is 0 Å². The van der Waals surface area contributed by atoms with Gasteiger partial charge in [-0.3, -0.25) is 0 Å². The molecule has 0 atom stereocenters. The summed E-state index contributed by atoms with van der Waals surface area (Å²) in [6.45, 7) is 2.49. The van der Waals surface area contributed by atoms with E-state index in [0.717, 1.165) is 5.92 Å². The van der Waals surface area contributed by atoms with Gasteiger partial charge in [-0.15, -0.1) is 0 Å². The molecule has 4 aliphatic carbocycles. The molecule has 0 heteroatoms. The maximum absolute atomic E-state index is 2.49. The van der Waals surface area contributed by atoms with Crippen molar-refractivity contribution in [1.82, 2.24) is 0 Å². The van der Waals surface area contributed by atoms with Gasteiger partial charge in [-0.05, 0) is 24.2 Å². The molecule has 0 aromatic rings. The van der Waals surface area contributed by atoms with Crippen molar-refractivity contribution < 1.29 is 0 Å². The molecule has 0 aromatic heterocycles. The molecular weight excluding hydrogens is 180 g/mol. The van der Waals surface area contributed by atoms with E-state index in [4.69, 9.17) is 0 Å². The zero-order valence-corrected chi connectivity index (χ0v) is 9.11.